The van der Waals surface area contributed by atoms with Gasteiger partial charge >= 0.3 is 0 Å². The van der Waals surface area contributed by atoms with Crippen LogP contribution in [0, 0.1) is 0 Å². The molecule has 2 heterocycles. The Kier molecular flexibility index (Phi) is 6.11. The Hall–Kier alpha value is -3.81. The van der Waals surface area contributed by atoms with Crippen LogP contribution >= 0.6 is 7.37 Å². The molecular formula is C22H20N5O4P. The van der Waals surface area contributed by atoms with E-state index in [4.69, 9.17) is 4.52 Å². The van der Waals surface area contributed by atoms with Crippen LogP contribution in [0.1, 0.15) is 15.9 Å². The van der Waals surface area contributed by atoms with Crippen molar-refractivity contribution in [3.05, 3.63) is 90.4 Å². The Bertz CT molecular complexity index is 1280. The first-order chi connectivity index (χ1) is 15.4. The highest BCUT2D eigenvalue weighted by Crippen LogP contribution is 2.42. The molecule has 0 aliphatic carbocycles. The van der Waals surface area contributed by atoms with Gasteiger partial charge in [-0.15, -0.1) is 0 Å². The molecule has 0 spiro atoms. The zero-order valence-corrected chi connectivity index (χ0v) is 18.0. The topological polar surface area (TPSA) is 119 Å². The number of nitrogens with one attached hydrogen (secondary N) is 1. The van der Waals surface area contributed by atoms with Crippen molar-refractivity contribution in [3.8, 4) is 11.8 Å². The summed E-state index contributed by atoms with van der Waals surface area (Å²) in [6, 6.07) is 17.6. The second kappa shape index (κ2) is 9.13. The van der Waals surface area contributed by atoms with Gasteiger partial charge in [0.05, 0.1) is 6.61 Å². The van der Waals surface area contributed by atoms with E-state index in [0.717, 1.165) is 0 Å². The molecule has 10 heteroatoms. The minimum absolute atomic E-state index is 0.0276. The molecule has 1 atom stereocenters. The molecule has 0 fully saturated rings. The average molecular weight is 449 g/mol. The fourth-order valence-electron chi connectivity index (χ4n) is 2.95. The molecule has 0 saturated carbocycles. The predicted molar refractivity (Wildman–Crippen MR) is 120 cm³/mol. The van der Waals surface area contributed by atoms with Crippen molar-refractivity contribution in [2.45, 2.75) is 6.61 Å². The van der Waals surface area contributed by atoms with Gasteiger partial charge in [-0.3, -0.25) is 9.36 Å². The summed E-state index contributed by atoms with van der Waals surface area (Å²) >= 11 is 0. The van der Waals surface area contributed by atoms with Crippen LogP contribution in [0.25, 0.3) is 5.95 Å². The average Bonchev–Trinajstić information content (AvgIpc) is 3.34. The number of nitrogens with zero attached hydrogens (tertiary/aromatic N) is 4. The molecule has 9 nitrogen and oxygen atoms in total. The smallest absolute Gasteiger partial charge is 0.262 e. The van der Waals surface area contributed by atoms with Crippen LogP contribution in [-0.2, 0) is 15.7 Å². The second-order valence-corrected chi connectivity index (χ2v) is 9.39. The van der Waals surface area contributed by atoms with Crippen molar-refractivity contribution in [2.75, 3.05) is 12.0 Å². The molecule has 0 unspecified atom stereocenters. The number of para-hydroxylation sites is 1. The third kappa shape index (κ3) is 4.74. The molecule has 0 radical (unpaired) electrons. The highest BCUT2D eigenvalue weighted by atomic mass is 31.2. The first-order valence-corrected chi connectivity index (χ1v) is 11.7. The highest BCUT2D eigenvalue weighted by Gasteiger charge is 2.21. The van der Waals surface area contributed by atoms with Gasteiger partial charge in [-0.1, -0.05) is 36.4 Å². The maximum atomic E-state index is 13.0. The van der Waals surface area contributed by atoms with E-state index >= 15 is 0 Å². The molecule has 162 valence electrons. The van der Waals surface area contributed by atoms with Crippen LogP contribution < -0.4 is 10.6 Å². The largest absolute Gasteiger partial charge is 0.493 e. The zero-order valence-electron chi connectivity index (χ0n) is 17.1. The first-order valence-electron chi connectivity index (χ1n) is 9.67. The van der Waals surface area contributed by atoms with E-state index in [1.54, 1.807) is 73.7 Å². The molecule has 2 aromatic carbocycles. The molecule has 2 N–H and O–H groups in total. The van der Waals surface area contributed by atoms with Crippen LogP contribution in [0.4, 0.5) is 5.69 Å². The summed E-state index contributed by atoms with van der Waals surface area (Å²) in [5.74, 6) is -0.930. The van der Waals surface area contributed by atoms with E-state index in [0.29, 0.717) is 16.6 Å². The number of anilines is 1. The maximum absolute atomic E-state index is 13.0. The molecule has 2 aromatic heterocycles. The van der Waals surface area contributed by atoms with Crippen molar-refractivity contribution in [1.82, 2.24) is 19.7 Å². The van der Waals surface area contributed by atoms with E-state index < -0.39 is 19.2 Å². The number of carbonyl (C=O) groups excluding carboxylic acids is 1. The molecule has 0 aliphatic heterocycles. The Balaban J connectivity index is 1.50. The van der Waals surface area contributed by atoms with Crippen molar-refractivity contribution in [3.63, 3.8) is 0 Å². The molecule has 1 amide bonds. The fourth-order valence-corrected chi connectivity index (χ4v) is 4.19. The number of carbonyl (C=O) groups is 1. The normalized spacial score (nSPS) is 12.8. The van der Waals surface area contributed by atoms with Gasteiger partial charge in [-0.25, -0.2) is 9.67 Å². The minimum Gasteiger partial charge on any atom is -0.493 e. The number of hydrogen-bond acceptors (Lipinski definition) is 7. The lowest BCUT2D eigenvalue weighted by Gasteiger charge is -2.16. The number of aromatic nitrogens is 4. The van der Waals surface area contributed by atoms with Crippen molar-refractivity contribution < 1.29 is 19.0 Å². The molecular weight excluding hydrogens is 429 g/mol. The summed E-state index contributed by atoms with van der Waals surface area (Å²) in [5, 5.41) is 17.6. The first kappa shape index (κ1) is 21.4. The van der Waals surface area contributed by atoms with Crippen molar-refractivity contribution >= 4 is 24.3 Å². The summed E-state index contributed by atoms with van der Waals surface area (Å²) in [7, 11) is -3.04. The Morgan fingerprint density at radius 1 is 1.12 bits per heavy atom. The highest BCUT2D eigenvalue weighted by molar-refractivity contribution is 7.66. The lowest BCUT2D eigenvalue weighted by molar-refractivity contribution is 0.102. The Morgan fingerprint density at radius 2 is 1.88 bits per heavy atom. The summed E-state index contributed by atoms with van der Waals surface area (Å²) in [5.41, 5.74) is 0.996. The molecule has 0 aliphatic rings. The third-order valence-corrected chi connectivity index (χ3v) is 6.53. The van der Waals surface area contributed by atoms with E-state index in [2.05, 4.69) is 20.4 Å². The Labute approximate surface area is 184 Å². The lowest BCUT2D eigenvalue weighted by Crippen LogP contribution is -2.15. The summed E-state index contributed by atoms with van der Waals surface area (Å²) < 4.78 is 20.0. The SMILES string of the molecule is C[P@@](=O)(OCc1ccccc1NC(=O)c1cnc(-n2cccn2)nc1O)c1ccccc1. The van der Waals surface area contributed by atoms with E-state index in [1.165, 1.54) is 10.9 Å². The van der Waals surface area contributed by atoms with E-state index in [1.807, 2.05) is 6.07 Å². The van der Waals surface area contributed by atoms with Gasteiger partial charge in [-0.2, -0.15) is 10.1 Å². The van der Waals surface area contributed by atoms with Crippen LogP contribution in [0.5, 0.6) is 5.88 Å². The number of hydrogen-bond donors (Lipinski definition) is 2. The van der Waals surface area contributed by atoms with Gasteiger partial charge in [0.15, 0.2) is 0 Å². The molecule has 32 heavy (non-hydrogen) atoms. The second-order valence-electron chi connectivity index (χ2n) is 6.92. The lowest BCUT2D eigenvalue weighted by atomic mass is 10.2. The van der Waals surface area contributed by atoms with E-state index in [-0.39, 0.29) is 18.1 Å². The van der Waals surface area contributed by atoms with Gasteiger partial charge in [0, 0.05) is 41.8 Å². The zero-order chi connectivity index (χ0) is 22.6. The molecule has 0 saturated heterocycles. The van der Waals surface area contributed by atoms with Crippen LogP contribution in [0.15, 0.2) is 79.3 Å². The fraction of sp³-hybridized carbons (Fsp3) is 0.0909. The molecule has 4 aromatic rings. The van der Waals surface area contributed by atoms with E-state index in [9.17, 15) is 14.5 Å². The third-order valence-electron chi connectivity index (χ3n) is 4.67. The van der Waals surface area contributed by atoms with Gasteiger partial charge in [0.25, 0.3) is 11.9 Å². The van der Waals surface area contributed by atoms with Gasteiger partial charge in [0.2, 0.25) is 13.2 Å². The van der Waals surface area contributed by atoms with Crippen LogP contribution in [0.3, 0.4) is 0 Å². The molecule has 0 bridgehead atoms. The Morgan fingerprint density at radius 3 is 2.59 bits per heavy atom. The molecule has 4 rings (SSSR count). The number of aromatic hydroxyl groups is 1. The number of benzene rings is 2. The monoisotopic (exact) mass is 449 g/mol. The standard InChI is InChI=1S/C22H20N5O4P/c1-32(30,17-9-3-2-4-10-17)31-15-16-8-5-6-11-19(16)25-20(28)18-14-23-22(26-21(18)29)27-13-7-12-24-27/h2-14H,15H2,1H3,(H,25,28)(H,23,26,29)/t32-/m1/s1. The quantitative estimate of drug-likeness (QED) is 0.415. The summed E-state index contributed by atoms with van der Waals surface area (Å²) in [4.78, 5) is 20.7. The van der Waals surface area contributed by atoms with Crippen molar-refractivity contribution in [1.29, 1.82) is 0 Å². The number of rotatable bonds is 7. The summed E-state index contributed by atoms with van der Waals surface area (Å²) in [6.07, 6.45) is 4.39. The van der Waals surface area contributed by atoms with Gasteiger partial charge in [0.1, 0.15) is 5.56 Å². The summed E-state index contributed by atoms with van der Waals surface area (Å²) in [6.45, 7) is 1.58. The van der Waals surface area contributed by atoms with Crippen LogP contribution in [-0.4, -0.2) is 37.4 Å². The predicted octanol–water partition coefficient (Wildman–Crippen LogP) is 3.37. The van der Waals surface area contributed by atoms with Crippen LogP contribution in [0.2, 0.25) is 0 Å². The van der Waals surface area contributed by atoms with Crippen molar-refractivity contribution in [2.24, 2.45) is 0 Å². The maximum Gasteiger partial charge on any atom is 0.262 e. The van der Waals surface area contributed by atoms with Gasteiger partial charge in [-0.05, 0) is 24.3 Å². The number of amides is 1. The van der Waals surface area contributed by atoms with Gasteiger partial charge < -0.3 is 14.9 Å². The minimum atomic E-state index is -3.04.